The van der Waals surface area contributed by atoms with Crippen molar-refractivity contribution in [3.63, 3.8) is 0 Å². The minimum atomic E-state index is -0.636. The van der Waals surface area contributed by atoms with Gasteiger partial charge in [0.1, 0.15) is 17.1 Å². The van der Waals surface area contributed by atoms with Crippen LogP contribution >= 0.6 is 11.3 Å². The Morgan fingerprint density at radius 3 is 2.76 bits per heavy atom. The van der Waals surface area contributed by atoms with Crippen molar-refractivity contribution in [2.75, 3.05) is 18.0 Å². The number of ether oxygens (including phenoxy) is 1. The van der Waals surface area contributed by atoms with Gasteiger partial charge >= 0.3 is 5.97 Å². The Hall–Kier alpha value is -3.04. The first-order valence-corrected chi connectivity index (χ1v) is 13.7. The van der Waals surface area contributed by atoms with Crippen LogP contribution < -0.4 is 10.5 Å². The molecule has 1 atom stereocenters. The topological polar surface area (TPSA) is 97.0 Å². The highest BCUT2D eigenvalue weighted by atomic mass is 32.1. The number of aryl methyl sites for hydroxylation is 2. The molecule has 3 aromatic rings. The van der Waals surface area contributed by atoms with Crippen molar-refractivity contribution in [3.8, 4) is 0 Å². The molecule has 1 saturated heterocycles. The number of β-amino-alcohol motifs (C(OH)–C–C–N with tert-alkyl or cyclic N) is 1. The van der Waals surface area contributed by atoms with Gasteiger partial charge in [-0.3, -0.25) is 9.20 Å². The molecule has 0 aliphatic carbocycles. The number of nitrogens with zero attached hydrogens (tertiary/aromatic N) is 4. The van der Waals surface area contributed by atoms with E-state index in [1.54, 1.807) is 38.3 Å². The summed E-state index contributed by atoms with van der Waals surface area (Å²) in [6.07, 6.45) is 7.12. The fraction of sp³-hybridized carbons (Fsp3) is 0.500. The van der Waals surface area contributed by atoms with Crippen molar-refractivity contribution in [2.24, 2.45) is 0 Å². The van der Waals surface area contributed by atoms with Gasteiger partial charge in [0.05, 0.1) is 22.4 Å². The summed E-state index contributed by atoms with van der Waals surface area (Å²) < 4.78 is 6.87. The molecule has 37 heavy (non-hydrogen) atoms. The summed E-state index contributed by atoms with van der Waals surface area (Å²) >= 11 is 1.68. The van der Waals surface area contributed by atoms with Crippen molar-refractivity contribution >= 4 is 34.8 Å². The zero-order valence-electron chi connectivity index (χ0n) is 22.2. The van der Waals surface area contributed by atoms with E-state index >= 15 is 0 Å². The van der Waals surface area contributed by atoms with Crippen molar-refractivity contribution in [3.05, 3.63) is 62.0 Å². The second kappa shape index (κ2) is 11.1. The Balaban J connectivity index is 1.67. The summed E-state index contributed by atoms with van der Waals surface area (Å²) in [7, 11) is 0. The fourth-order valence-electron chi connectivity index (χ4n) is 4.32. The average molecular weight is 525 g/mol. The Bertz CT molecular complexity index is 1350. The highest BCUT2D eigenvalue weighted by Crippen LogP contribution is 2.24. The van der Waals surface area contributed by atoms with Crippen LogP contribution in [-0.2, 0) is 22.4 Å². The lowest BCUT2D eigenvalue weighted by Gasteiger charge is -2.32. The quantitative estimate of drug-likeness (QED) is 0.362. The summed E-state index contributed by atoms with van der Waals surface area (Å²) in [5.41, 5.74) is 2.11. The van der Waals surface area contributed by atoms with E-state index in [1.807, 2.05) is 17.0 Å². The lowest BCUT2D eigenvalue weighted by atomic mass is 10.1. The van der Waals surface area contributed by atoms with Gasteiger partial charge in [-0.25, -0.2) is 14.8 Å². The number of rotatable bonds is 7. The van der Waals surface area contributed by atoms with Gasteiger partial charge in [0.15, 0.2) is 0 Å². The summed E-state index contributed by atoms with van der Waals surface area (Å²) in [5, 5.41) is 13.5. The predicted octanol–water partition coefficient (Wildman–Crippen LogP) is 4.38. The Labute approximate surface area is 221 Å². The van der Waals surface area contributed by atoms with Crippen LogP contribution in [0.25, 0.3) is 11.7 Å². The molecule has 4 rings (SSSR count). The van der Waals surface area contributed by atoms with Crippen molar-refractivity contribution in [1.82, 2.24) is 14.4 Å². The van der Waals surface area contributed by atoms with E-state index in [4.69, 9.17) is 14.7 Å². The number of hydrogen-bond donors (Lipinski definition) is 1. The lowest BCUT2D eigenvalue weighted by Crippen LogP contribution is -2.40. The third-order valence-corrected chi connectivity index (χ3v) is 7.11. The molecule has 8 nitrogen and oxygen atoms in total. The SMILES string of the molecule is CC(C)c1csc(CCc2ccn3c(=O)c(C=CC(=O)OC(C)(C)C)c(N4CCC[C@@H](O)C4)nc3c2)n1. The molecule has 0 saturated carbocycles. The van der Waals surface area contributed by atoms with Crippen LogP contribution in [0, 0.1) is 0 Å². The summed E-state index contributed by atoms with van der Waals surface area (Å²) in [4.78, 5) is 37.4. The summed E-state index contributed by atoms with van der Waals surface area (Å²) in [5.74, 6) is 0.356. The number of anilines is 1. The van der Waals surface area contributed by atoms with Crippen LogP contribution in [0.15, 0.2) is 34.6 Å². The molecular weight excluding hydrogens is 488 g/mol. The highest BCUT2D eigenvalue weighted by Gasteiger charge is 2.24. The van der Waals surface area contributed by atoms with Gasteiger partial charge in [0.2, 0.25) is 0 Å². The lowest BCUT2D eigenvalue weighted by molar-refractivity contribution is -0.148. The molecule has 1 fully saturated rings. The molecular formula is C28H36N4O4S. The molecule has 1 N–H and O–H groups in total. The third kappa shape index (κ3) is 6.84. The minimum absolute atomic E-state index is 0.270. The first-order valence-electron chi connectivity index (χ1n) is 12.8. The second-order valence-corrected chi connectivity index (χ2v) is 11.8. The van der Waals surface area contributed by atoms with Crippen molar-refractivity contribution in [2.45, 2.75) is 77.9 Å². The molecule has 9 heteroatoms. The van der Waals surface area contributed by atoms with E-state index in [0.717, 1.165) is 35.5 Å². The molecule has 3 aromatic heterocycles. The molecule has 1 aliphatic heterocycles. The van der Waals surface area contributed by atoms with E-state index in [-0.39, 0.29) is 5.56 Å². The van der Waals surface area contributed by atoms with Gasteiger partial charge in [-0.2, -0.15) is 0 Å². The molecule has 0 aromatic carbocycles. The largest absolute Gasteiger partial charge is 0.457 e. The van der Waals surface area contributed by atoms with Gasteiger partial charge in [-0.15, -0.1) is 11.3 Å². The minimum Gasteiger partial charge on any atom is -0.457 e. The molecule has 0 unspecified atom stereocenters. The molecule has 1 aliphatic rings. The molecule has 0 amide bonds. The van der Waals surface area contributed by atoms with Gasteiger partial charge in [0.25, 0.3) is 5.56 Å². The van der Waals surface area contributed by atoms with Crippen LogP contribution in [-0.4, -0.2) is 50.2 Å². The van der Waals surface area contributed by atoms with Gasteiger partial charge < -0.3 is 14.7 Å². The summed E-state index contributed by atoms with van der Waals surface area (Å²) in [6, 6.07) is 3.86. The second-order valence-electron chi connectivity index (χ2n) is 10.8. The standard InChI is InChI=1S/C28H36N4O4S/c1-18(2)22-17-37-24(29-22)10-8-19-12-14-32-23(15-19)30-26(31-13-6-7-20(33)16-31)21(27(32)35)9-11-25(34)36-28(3,4)5/h9,11-12,14-15,17-18,20,33H,6-8,10,13,16H2,1-5H3/t20-/m1/s1. The van der Waals surface area contributed by atoms with Crippen molar-refractivity contribution in [1.29, 1.82) is 0 Å². The number of fused-ring (bicyclic) bond motifs is 1. The maximum Gasteiger partial charge on any atom is 0.331 e. The van der Waals surface area contributed by atoms with Gasteiger partial charge in [-0.1, -0.05) is 13.8 Å². The number of aliphatic hydroxyl groups excluding tert-OH is 1. The first-order chi connectivity index (χ1) is 17.5. The number of pyridine rings is 1. The zero-order chi connectivity index (χ0) is 26.7. The molecule has 0 bridgehead atoms. The van der Waals surface area contributed by atoms with E-state index in [2.05, 4.69) is 19.2 Å². The number of thiazole rings is 1. The van der Waals surface area contributed by atoms with Crippen LogP contribution in [0.5, 0.6) is 0 Å². The monoisotopic (exact) mass is 524 g/mol. The number of aliphatic hydroxyl groups is 1. The maximum atomic E-state index is 13.6. The molecule has 0 spiro atoms. The highest BCUT2D eigenvalue weighted by molar-refractivity contribution is 7.09. The van der Waals surface area contributed by atoms with Crippen LogP contribution in [0.1, 0.15) is 75.2 Å². The number of carbonyl (C=O) groups is 1. The first kappa shape index (κ1) is 27.0. The predicted molar refractivity (Wildman–Crippen MR) is 147 cm³/mol. The van der Waals surface area contributed by atoms with E-state index < -0.39 is 17.7 Å². The van der Waals surface area contributed by atoms with Gasteiger partial charge in [0, 0.05) is 37.2 Å². The number of hydrogen-bond acceptors (Lipinski definition) is 8. The van der Waals surface area contributed by atoms with E-state index in [1.165, 1.54) is 16.6 Å². The molecule has 198 valence electrons. The number of esters is 1. The van der Waals surface area contributed by atoms with Crippen LogP contribution in [0.2, 0.25) is 0 Å². The maximum absolute atomic E-state index is 13.6. The van der Waals surface area contributed by atoms with Crippen LogP contribution in [0.4, 0.5) is 5.82 Å². The summed E-state index contributed by atoms with van der Waals surface area (Å²) in [6.45, 7) is 10.7. The van der Waals surface area contributed by atoms with Gasteiger partial charge in [-0.05, 0) is 69.7 Å². The Morgan fingerprint density at radius 1 is 1.30 bits per heavy atom. The van der Waals surface area contributed by atoms with Crippen molar-refractivity contribution < 1.29 is 14.6 Å². The van der Waals surface area contributed by atoms with Crippen LogP contribution in [0.3, 0.4) is 0 Å². The normalized spacial score (nSPS) is 16.7. The Morgan fingerprint density at radius 2 is 2.08 bits per heavy atom. The van der Waals surface area contributed by atoms with E-state index in [0.29, 0.717) is 42.5 Å². The number of carbonyl (C=O) groups excluding carboxylic acids is 1. The fourth-order valence-corrected chi connectivity index (χ4v) is 5.27. The van der Waals surface area contributed by atoms with E-state index in [9.17, 15) is 14.7 Å². The third-order valence-electron chi connectivity index (χ3n) is 6.19. The average Bonchev–Trinajstić information content (AvgIpc) is 3.30. The molecule has 4 heterocycles. The Kier molecular flexibility index (Phi) is 8.14. The molecule has 0 radical (unpaired) electrons. The number of aromatic nitrogens is 3. The zero-order valence-corrected chi connectivity index (χ0v) is 23.0. The smallest absolute Gasteiger partial charge is 0.331 e. The number of piperidine rings is 1.